The molecule has 2 heterocycles. The highest BCUT2D eigenvalue weighted by Gasteiger charge is 2.17. The van der Waals surface area contributed by atoms with Gasteiger partial charge in [0, 0.05) is 23.8 Å². The number of rotatable bonds is 4. The van der Waals surface area contributed by atoms with Crippen molar-refractivity contribution in [3.63, 3.8) is 0 Å². The fourth-order valence-corrected chi connectivity index (χ4v) is 3.25. The Morgan fingerprint density at radius 1 is 1.04 bits per heavy atom. The molecule has 0 amide bonds. The van der Waals surface area contributed by atoms with Crippen molar-refractivity contribution in [1.82, 2.24) is 15.0 Å². The maximum absolute atomic E-state index is 9.76. The molecular weight excluding hydrogens is 350 g/mol. The molecule has 3 aromatic rings. The van der Waals surface area contributed by atoms with Crippen LogP contribution in [0.5, 0.6) is 0 Å². The second kappa shape index (κ2) is 8.27. The lowest BCUT2D eigenvalue weighted by atomic mass is 9.96. The summed E-state index contributed by atoms with van der Waals surface area (Å²) < 4.78 is 0. The second-order valence-corrected chi connectivity index (χ2v) is 6.99. The summed E-state index contributed by atoms with van der Waals surface area (Å²) in [5.74, 6) is 1.11. The predicted molar refractivity (Wildman–Crippen MR) is 111 cm³/mol. The SMILES string of the molecule is Cc1ccccc1Nc1ncc(-c2ccccn2)c(N=C2CCC(O)CC2)n1. The molecule has 2 aromatic heterocycles. The van der Waals surface area contributed by atoms with E-state index in [1.165, 1.54) is 0 Å². The van der Waals surface area contributed by atoms with Gasteiger partial charge in [-0.15, -0.1) is 0 Å². The molecule has 1 aromatic carbocycles. The van der Waals surface area contributed by atoms with Crippen LogP contribution in [0.1, 0.15) is 31.2 Å². The van der Waals surface area contributed by atoms with Crippen molar-refractivity contribution in [2.24, 2.45) is 4.99 Å². The number of aliphatic hydroxyl groups is 1. The molecule has 4 rings (SSSR count). The summed E-state index contributed by atoms with van der Waals surface area (Å²) in [6.45, 7) is 2.04. The van der Waals surface area contributed by atoms with E-state index in [9.17, 15) is 5.11 Å². The summed E-state index contributed by atoms with van der Waals surface area (Å²) in [6.07, 6.45) is 6.36. The van der Waals surface area contributed by atoms with Crippen LogP contribution in [-0.2, 0) is 0 Å². The Balaban J connectivity index is 1.71. The number of hydrogen-bond donors (Lipinski definition) is 2. The van der Waals surface area contributed by atoms with Gasteiger partial charge in [0.15, 0.2) is 5.82 Å². The lowest BCUT2D eigenvalue weighted by Crippen LogP contribution is -2.17. The largest absolute Gasteiger partial charge is 0.393 e. The van der Waals surface area contributed by atoms with Gasteiger partial charge < -0.3 is 10.4 Å². The molecule has 1 aliphatic carbocycles. The van der Waals surface area contributed by atoms with Crippen molar-refractivity contribution >= 4 is 23.2 Å². The quantitative estimate of drug-likeness (QED) is 0.698. The van der Waals surface area contributed by atoms with Crippen LogP contribution in [0, 0.1) is 6.92 Å². The molecule has 0 atom stereocenters. The number of aliphatic imine (C=N–C) groups is 1. The molecule has 0 bridgehead atoms. The third-order valence-corrected chi connectivity index (χ3v) is 4.90. The highest BCUT2D eigenvalue weighted by molar-refractivity contribution is 5.89. The molecule has 1 saturated carbocycles. The first kappa shape index (κ1) is 18.3. The van der Waals surface area contributed by atoms with Crippen LogP contribution in [0.15, 0.2) is 59.9 Å². The fraction of sp³-hybridized carbons (Fsp3) is 0.273. The smallest absolute Gasteiger partial charge is 0.229 e. The third-order valence-electron chi connectivity index (χ3n) is 4.90. The summed E-state index contributed by atoms with van der Waals surface area (Å²) in [6, 6.07) is 13.8. The minimum absolute atomic E-state index is 0.224. The van der Waals surface area contributed by atoms with Gasteiger partial charge in [-0.05, 0) is 56.4 Å². The van der Waals surface area contributed by atoms with Crippen molar-refractivity contribution in [2.45, 2.75) is 38.7 Å². The Bertz CT molecular complexity index is 977. The van der Waals surface area contributed by atoms with E-state index >= 15 is 0 Å². The van der Waals surface area contributed by atoms with Crippen molar-refractivity contribution in [2.75, 3.05) is 5.32 Å². The number of aromatic nitrogens is 3. The lowest BCUT2D eigenvalue weighted by Gasteiger charge is -2.18. The average molecular weight is 373 g/mol. The molecule has 0 unspecified atom stereocenters. The second-order valence-electron chi connectivity index (χ2n) is 6.99. The summed E-state index contributed by atoms with van der Waals surface area (Å²) >= 11 is 0. The first-order valence-electron chi connectivity index (χ1n) is 9.54. The normalized spacial score (nSPS) is 16.6. The molecule has 142 valence electrons. The molecule has 1 fully saturated rings. The number of aliphatic hydroxyl groups excluding tert-OH is 1. The molecule has 0 spiro atoms. The topological polar surface area (TPSA) is 83.3 Å². The van der Waals surface area contributed by atoms with E-state index < -0.39 is 0 Å². The van der Waals surface area contributed by atoms with Crippen molar-refractivity contribution < 1.29 is 5.11 Å². The molecule has 6 heteroatoms. The Labute approximate surface area is 164 Å². The zero-order valence-electron chi connectivity index (χ0n) is 15.8. The van der Waals surface area contributed by atoms with Crippen molar-refractivity contribution in [3.8, 4) is 11.3 Å². The minimum Gasteiger partial charge on any atom is -0.393 e. The monoisotopic (exact) mass is 373 g/mol. The van der Waals surface area contributed by atoms with Gasteiger partial charge in [-0.2, -0.15) is 4.98 Å². The number of hydrogen-bond acceptors (Lipinski definition) is 6. The van der Waals surface area contributed by atoms with Gasteiger partial charge in [-0.1, -0.05) is 24.3 Å². The van der Waals surface area contributed by atoms with E-state index in [1.54, 1.807) is 12.4 Å². The summed E-state index contributed by atoms with van der Waals surface area (Å²) in [5, 5.41) is 13.0. The van der Waals surface area contributed by atoms with Crippen molar-refractivity contribution in [1.29, 1.82) is 0 Å². The number of pyridine rings is 1. The highest BCUT2D eigenvalue weighted by atomic mass is 16.3. The van der Waals surface area contributed by atoms with Crippen LogP contribution in [0.3, 0.4) is 0 Å². The average Bonchev–Trinajstić information content (AvgIpc) is 2.72. The Morgan fingerprint density at radius 3 is 2.57 bits per heavy atom. The number of nitrogens with one attached hydrogen (secondary N) is 1. The van der Waals surface area contributed by atoms with E-state index in [1.807, 2.05) is 49.4 Å². The highest BCUT2D eigenvalue weighted by Crippen LogP contribution is 2.30. The molecule has 1 aliphatic rings. The predicted octanol–water partition coefficient (Wildman–Crippen LogP) is 4.60. The van der Waals surface area contributed by atoms with Gasteiger partial charge in [0.2, 0.25) is 5.95 Å². The molecule has 0 saturated heterocycles. The van der Waals surface area contributed by atoms with Gasteiger partial charge in [0.25, 0.3) is 0 Å². The zero-order valence-corrected chi connectivity index (χ0v) is 15.8. The number of aryl methyl sites for hydroxylation is 1. The lowest BCUT2D eigenvalue weighted by molar-refractivity contribution is 0.152. The van der Waals surface area contributed by atoms with Crippen LogP contribution in [-0.4, -0.2) is 31.9 Å². The number of anilines is 2. The summed E-state index contributed by atoms with van der Waals surface area (Å²) in [5.41, 5.74) is 4.74. The van der Waals surface area contributed by atoms with Gasteiger partial charge in [0.1, 0.15) is 0 Å². The standard InChI is InChI=1S/C22H23N5O/c1-15-6-2-3-7-19(15)26-22-24-14-18(20-8-4-5-13-23-20)21(27-22)25-16-9-11-17(28)12-10-16/h2-8,13-14,17,28H,9-12H2,1H3,(H,24,26,27). The molecular formula is C22H23N5O. The molecule has 0 radical (unpaired) electrons. The van der Waals surface area contributed by atoms with Crippen LogP contribution < -0.4 is 5.32 Å². The maximum Gasteiger partial charge on any atom is 0.229 e. The number of benzene rings is 1. The number of para-hydroxylation sites is 1. The van der Waals surface area contributed by atoms with E-state index in [2.05, 4.69) is 20.3 Å². The van der Waals surface area contributed by atoms with E-state index in [0.717, 1.165) is 53.9 Å². The first-order valence-corrected chi connectivity index (χ1v) is 9.54. The first-order chi connectivity index (χ1) is 13.7. The molecule has 6 nitrogen and oxygen atoms in total. The van der Waals surface area contributed by atoms with E-state index in [0.29, 0.717) is 11.8 Å². The van der Waals surface area contributed by atoms with Crippen LogP contribution in [0.4, 0.5) is 17.5 Å². The Morgan fingerprint density at radius 2 is 1.82 bits per heavy atom. The Kier molecular flexibility index (Phi) is 5.39. The van der Waals surface area contributed by atoms with Gasteiger partial charge >= 0.3 is 0 Å². The summed E-state index contributed by atoms with van der Waals surface area (Å²) in [7, 11) is 0. The van der Waals surface area contributed by atoms with Gasteiger partial charge in [-0.25, -0.2) is 9.98 Å². The van der Waals surface area contributed by atoms with Gasteiger partial charge in [0.05, 0.1) is 17.4 Å². The summed E-state index contributed by atoms with van der Waals surface area (Å²) in [4.78, 5) is 18.4. The van der Waals surface area contributed by atoms with Gasteiger partial charge in [-0.3, -0.25) is 4.98 Å². The Hall–Kier alpha value is -3.12. The molecule has 2 N–H and O–H groups in total. The maximum atomic E-state index is 9.76. The third kappa shape index (κ3) is 4.23. The number of nitrogens with zero attached hydrogens (tertiary/aromatic N) is 4. The zero-order chi connectivity index (χ0) is 19.3. The van der Waals surface area contributed by atoms with Crippen LogP contribution in [0.25, 0.3) is 11.3 Å². The molecule has 0 aliphatic heterocycles. The fourth-order valence-electron chi connectivity index (χ4n) is 3.25. The van der Waals surface area contributed by atoms with Crippen LogP contribution >= 0.6 is 0 Å². The minimum atomic E-state index is -0.224. The van der Waals surface area contributed by atoms with E-state index in [4.69, 9.17) is 4.99 Å². The van der Waals surface area contributed by atoms with E-state index in [-0.39, 0.29) is 6.10 Å². The van der Waals surface area contributed by atoms with Crippen molar-refractivity contribution in [3.05, 3.63) is 60.4 Å². The molecule has 28 heavy (non-hydrogen) atoms. The van der Waals surface area contributed by atoms with Crippen LogP contribution in [0.2, 0.25) is 0 Å².